The van der Waals surface area contributed by atoms with Crippen LogP contribution >= 0.6 is 11.3 Å². The van der Waals surface area contributed by atoms with E-state index in [2.05, 4.69) is 170 Å². The summed E-state index contributed by atoms with van der Waals surface area (Å²) in [7, 11) is 0. The SMILES string of the molecule is c1ccc(-c2ccc(-c3nc(-c4ccccc4)nc(-c4cccc5oc6c(-c7cccc8c7sc7c(-c9ccccc9)cccc78)cc(-c7cccc8c7oc7ccccc78)cc6c45)n3)cc2)cc1. The van der Waals surface area contributed by atoms with Gasteiger partial charge >= 0.3 is 0 Å². The molecule has 0 saturated heterocycles. The van der Waals surface area contributed by atoms with Crippen molar-refractivity contribution in [2.75, 3.05) is 0 Å². The topological polar surface area (TPSA) is 65.0 Å². The van der Waals surface area contributed by atoms with Crippen LogP contribution in [0, 0.1) is 0 Å². The van der Waals surface area contributed by atoms with Crippen LogP contribution in [0.4, 0.5) is 0 Å². The second-order valence-corrected chi connectivity index (χ2v) is 18.4. The molecule has 0 amide bonds. The standard InChI is InChI=1S/C63H37N3O2S/c1-4-16-38(17-5-1)39-32-34-42(35-33-39)62-64-61(41-20-8-3-9-21-41)65-63(66-62)51-29-15-31-55-56(51)53-37-43(44-23-12-25-47-46-22-10-11-30-54(46)67-57(44)47)36-52(58(53)68-55)50-28-14-27-49-48-26-13-24-45(59(48)69-60(49)50)40-18-6-2-7-19-40/h1-37H. The molecule has 0 aliphatic heterocycles. The molecule has 5 nitrogen and oxygen atoms in total. The van der Waals surface area contributed by atoms with E-state index in [9.17, 15) is 0 Å². The molecule has 14 aromatic rings. The van der Waals surface area contributed by atoms with E-state index in [0.717, 1.165) is 93.9 Å². The minimum Gasteiger partial charge on any atom is -0.455 e. The molecular weight excluding hydrogens is 863 g/mol. The molecule has 322 valence electrons. The van der Waals surface area contributed by atoms with Gasteiger partial charge in [-0.2, -0.15) is 0 Å². The molecule has 0 aliphatic carbocycles. The number of thiophene rings is 1. The Bertz CT molecular complexity index is 4290. The maximum atomic E-state index is 7.14. The first-order valence-electron chi connectivity index (χ1n) is 23.1. The molecule has 0 aliphatic rings. The Morgan fingerprint density at radius 1 is 0.275 bits per heavy atom. The summed E-state index contributed by atoms with van der Waals surface area (Å²) in [4.78, 5) is 15.6. The Balaban J connectivity index is 1.03. The van der Waals surface area contributed by atoms with E-state index >= 15 is 0 Å². The number of nitrogens with zero attached hydrogens (tertiary/aromatic N) is 3. The van der Waals surface area contributed by atoms with Gasteiger partial charge in [-0.25, -0.2) is 15.0 Å². The molecule has 0 radical (unpaired) electrons. The number of para-hydroxylation sites is 2. The molecular formula is C63H37N3O2S. The summed E-state index contributed by atoms with van der Waals surface area (Å²) >= 11 is 1.84. The largest absolute Gasteiger partial charge is 0.455 e. The zero-order valence-electron chi connectivity index (χ0n) is 36.9. The molecule has 14 rings (SSSR count). The van der Waals surface area contributed by atoms with Crippen LogP contribution in [0.2, 0.25) is 0 Å². The minimum atomic E-state index is 0.561. The molecule has 10 aromatic carbocycles. The summed E-state index contributed by atoms with van der Waals surface area (Å²) in [5.74, 6) is 1.75. The van der Waals surface area contributed by atoms with E-state index in [1.165, 1.54) is 31.3 Å². The maximum Gasteiger partial charge on any atom is 0.164 e. The van der Waals surface area contributed by atoms with E-state index in [1.807, 2.05) is 65.9 Å². The van der Waals surface area contributed by atoms with E-state index in [1.54, 1.807) is 0 Å². The van der Waals surface area contributed by atoms with Gasteiger partial charge in [-0.3, -0.25) is 0 Å². The highest BCUT2D eigenvalue weighted by Crippen LogP contribution is 2.49. The van der Waals surface area contributed by atoms with Crippen LogP contribution in [-0.2, 0) is 0 Å². The highest BCUT2D eigenvalue weighted by atomic mass is 32.1. The molecule has 0 bridgehead atoms. The van der Waals surface area contributed by atoms with Crippen molar-refractivity contribution in [2.24, 2.45) is 0 Å². The average molecular weight is 900 g/mol. The molecule has 0 fully saturated rings. The number of fused-ring (bicyclic) bond motifs is 9. The summed E-state index contributed by atoms with van der Waals surface area (Å²) in [6.07, 6.45) is 0. The van der Waals surface area contributed by atoms with Gasteiger partial charge in [0.05, 0.1) is 0 Å². The fourth-order valence-electron chi connectivity index (χ4n) is 10.1. The summed E-state index contributed by atoms with van der Waals surface area (Å²) < 4.78 is 16.3. The first-order valence-corrected chi connectivity index (χ1v) is 23.9. The van der Waals surface area contributed by atoms with Gasteiger partial charge in [-0.1, -0.05) is 200 Å². The first kappa shape index (κ1) is 39.2. The summed E-state index contributed by atoms with van der Waals surface area (Å²) in [6.45, 7) is 0. The Labute approximate surface area is 400 Å². The van der Waals surface area contributed by atoms with Crippen LogP contribution in [0.25, 0.3) is 143 Å². The minimum absolute atomic E-state index is 0.561. The quantitative estimate of drug-likeness (QED) is 0.159. The van der Waals surface area contributed by atoms with Crippen molar-refractivity contribution < 1.29 is 8.83 Å². The van der Waals surface area contributed by atoms with E-state index in [-0.39, 0.29) is 0 Å². The van der Waals surface area contributed by atoms with Crippen LogP contribution in [0.5, 0.6) is 0 Å². The third kappa shape index (κ3) is 6.49. The molecule has 0 saturated carbocycles. The van der Waals surface area contributed by atoms with Crippen molar-refractivity contribution in [3.63, 3.8) is 0 Å². The van der Waals surface area contributed by atoms with E-state index in [0.29, 0.717) is 17.5 Å². The lowest BCUT2D eigenvalue weighted by atomic mass is 9.93. The van der Waals surface area contributed by atoms with E-state index < -0.39 is 0 Å². The molecule has 0 N–H and O–H groups in total. The van der Waals surface area contributed by atoms with Crippen molar-refractivity contribution in [1.82, 2.24) is 15.0 Å². The molecule has 0 atom stereocenters. The lowest BCUT2D eigenvalue weighted by Gasteiger charge is -2.11. The average Bonchev–Trinajstić information content (AvgIpc) is 4.13. The molecule has 4 heterocycles. The predicted molar refractivity (Wildman–Crippen MR) is 285 cm³/mol. The number of furan rings is 2. The molecule has 0 unspecified atom stereocenters. The van der Waals surface area contributed by atoms with Crippen LogP contribution < -0.4 is 0 Å². The summed E-state index contributed by atoms with van der Waals surface area (Å²) in [5, 5.41) is 6.50. The van der Waals surface area contributed by atoms with Crippen molar-refractivity contribution in [1.29, 1.82) is 0 Å². The summed E-state index contributed by atoms with van der Waals surface area (Å²) in [6, 6.07) is 78.4. The molecule has 6 heteroatoms. The van der Waals surface area contributed by atoms with Gasteiger partial charge in [0, 0.05) is 75.1 Å². The Hall–Kier alpha value is -8.97. The third-order valence-electron chi connectivity index (χ3n) is 13.4. The Morgan fingerprint density at radius 2 is 0.754 bits per heavy atom. The van der Waals surface area contributed by atoms with Crippen molar-refractivity contribution >= 4 is 75.4 Å². The second-order valence-electron chi connectivity index (χ2n) is 17.4. The third-order valence-corrected chi connectivity index (χ3v) is 14.7. The molecule has 69 heavy (non-hydrogen) atoms. The summed E-state index contributed by atoms with van der Waals surface area (Å²) in [5.41, 5.74) is 14.7. The van der Waals surface area contributed by atoms with Crippen LogP contribution in [0.3, 0.4) is 0 Å². The second kappa shape index (κ2) is 15.8. The van der Waals surface area contributed by atoms with Gasteiger partial charge in [-0.05, 0) is 52.1 Å². The normalized spacial score (nSPS) is 11.8. The van der Waals surface area contributed by atoms with Crippen LogP contribution in [0.15, 0.2) is 233 Å². The Kier molecular flexibility index (Phi) is 9.00. The molecule has 0 spiro atoms. The molecule has 4 aromatic heterocycles. The number of aromatic nitrogens is 3. The highest BCUT2D eigenvalue weighted by Gasteiger charge is 2.24. The van der Waals surface area contributed by atoms with Gasteiger partial charge < -0.3 is 8.83 Å². The van der Waals surface area contributed by atoms with Crippen molar-refractivity contribution in [2.45, 2.75) is 0 Å². The number of hydrogen-bond acceptors (Lipinski definition) is 6. The first-order chi connectivity index (χ1) is 34.2. The fraction of sp³-hybridized carbons (Fsp3) is 0. The van der Waals surface area contributed by atoms with Crippen LogP contribution in [0.1, 0.15) is 0 Å². The zero-order valence-corrected chi connectivity index (χ0v) is 37.7. The van der Waals surface area contributed by atoms with E-state index in [4.69, 9.17) is 23.8 Å². The predicted octanol–water partition coefficient (Wildman–Crippen LogP) is 17.7. The zero-order chi connectivity index (χ0) is 45.4. The van der Waals surface area contributed by atoms with Gasteiger partial charge in [0.15, 0.2) is 17.5 Å². The van der Waals surface area contributed by atoms with Crippen molar-refractivity contribution in [3.05, 3.63) is 224 Å². The lowest BCUT2D eigenvalue weighted by Crippen LogP contribution is -2.00. The lowest BCUT2D eigenvalue weighted by molar-refractivity contribution is 0.669. The van der Waals surface area contributed by atoms with Gasteiger partial charge in [0.25, 0.3) is 0 Å². The Morgan fingerprint density at radius 3 is 1.49 bits per heavy atom. The van der Waals surface area contributed by atoms with Gasteiger partial charge in [-0.15, -0.1) is 11.3 Å². The smallest absolute Gasteiger partial charge is 0.164 e. The van der Waals surface area contributed by atoms with Crippen LogP contribution in [-0.4, -0.2) is 15.0 Å². The number of benzene rings is 10. The van der Waals surface area contributed by atoms with Gasteiger partial charge in [0.1, 0.15) is 22.3 Å². The number of rotatable bonds is 7. The monoisotopic (exact) mass is 899 g/mol. The highest BCUT2D eigenvalue weighted by molar-refractivity contribution is 7.26. The van der Waals surface area contributed by atoms with Crippen molar-refractivity contribution in [3.8, 4) is 78.7 Å². The number of hydrogen-bond donors (Lipinski definition) is 0. The maximum absolute atomic E-state index is 7.14. The fourth-order valence-corrected chi connectivity index (χ4v) is 11.5. The van der Waals surface area contributed by atoms with Gasteiger partial charge in [0.2, 0.25) is 0 Å².